The van der Waals surface area contributed by atoms with Crippen LogP contribution in [0.25, 0.3) is 17.1 Å². The van der Waals surface area contributed by atoms with E-state index in [4.69, 9.17) is 14.2 Å². The zero-order valence-electron chi connectivity index (χ0n) is 21.9. The molecule has 0 saturated heterocycles. The van der Waals surface area contributed by atoms with Gasteiger partial charge in [0.15, 0.2) is 22.5 Å². The highest BCUT2D eigenvalue weighted by Gasteiger charge is 2.20. The highest BCUT2D eigenvalue weighted by atomic mass is 32.2. The first-order valence-electron chi connectivity index (χ1n) is 12.3. The minimum Gasteiger partial charge on any atom is -0.497 e. The summed E-state index contributed by atoms with van der Waals surface area (Å²) in [6, 6.07) is 21.4. The first kappa shape index (κ1) is 25.7. The topological polar surface area (TPSA) is 87.5 Å². The minimum atomic E-state index is -0.160. The Balaban J connectivity index is 1.38. The second-order valence-corrected chi connectivity index (χ2v) is 10.8. The lowest BCUT2D eigenvalue weighted by Crippen LogP contribution is -2.17. The summed E-state index contributed by atoms with van der Waals surface area (Å²) >= 11 is 1.32. The summed E-state index contributed by atoms with van der Waals surface area (Å²) in [7, 11) is 1.64. The van der Waals surface area contributed by atoms with Crippen LogP contribution in [0.3, 0.4) is 0 Å². The van der Waals surface area contributed by atoms with Gasteiger partial charge in [0, 0.05) is 23.0 Å². The number of methoxy groups -OCH3 is 1. The van der Waals surface area contributed by atoms with Crippen molar-refractivity contribution in [1.29, 1.82) is 0 Å². The monoisotopic (exact) mass is 530 g/mol. The third kappa shape index (κ3) is 5.62. The maximum absolute atomic E-state index is 12.8. The number of nitrogens with one attached hydrogen (secondary N) is 1. The Morgan fingerprint density at radius 1 is 0.974 bits per heavy atom. The molecule has 1 aliphatic rings. The molecule has 0 unspecified atom stereocenters. The van der Waals surface area contributed by atoms with Gasteiger partial charge in [-0.1, -0.05) is 56.8 Å². The Kier molecular flexibility index (Phi) is 7.28. The Bertz CT molecular complexity index is 1430. The van der Waals surface area contributed by atoms with Crippen LogP contribution in [0.4, 0.5) is 5.69 Å². The van der Waals surface area contributed by atoms with Crippen LogP contribution in [0.15, 0.2) is 71.9 Å². The number of amides is 1. The summed E-state index contributed by atoms with van der Waals surface area (Å²) in [5, 5.41) is 12.5. The van der Waals surface area contributed by atoms with Gasteiger partial charge in [-0.05, 0) is 47.4 Å². The van der Waals surface area contributed by atoms with Gasteiger partial charge in [-0.25, -0.2) is 0 Å². The summed E-state index contributed by atoms with van der Waals surface area (Å²) < 4.78 is 18.5. The summed E-state index contributed by atoms with van der Waals surface area (Å²) in [6.45, 7) is 7.57. The molecule has 0 spiro atoms. The van der Waals surface area contributed by atoms with Gasteiger partial charge in [0.05, 0.1) is 12.9 Å². The zero-order valence-corrected chi connectivity index (χ0v) is 22.7. The van der Waals surface area contributed by atoms with Gasteiger partial charge >= 0.3 is 0 Å². The molecule has 1 amide bonds. The predicted molar refractivity (Wildman–Crippen MR) is 149 cm³/mol. The lowest BCUT2D eigenvalue weighted by atomic mass is 9.87. The number of nitrogens with zero attached hydrogens (tertiary/aromatic N) is 3. The maximum atomic E-state index is 12.8. The molecule has 1 aliphatic heterocycles. The van der Waals surface area contributed by atoms with Crippen LogP contribution in [0.2, 0.25) is 0 Å². The number of ether oxygens (including phenoxy) is 3. The molecule has 4 aromatic rings. The van der Waals surface area contributed by atoms with Gasteiger partial charge in [-0.15, -0.1) is 10.2 Å². The van der Waals surface area contributed by atoms with E-state index in [1.807, 2.05) is 28.8 Å². The fraction of sp³-hybridized carbons (Fsp3) is 0.276. The van der Waals surface area contributed by atoms with Crippen molar-refractivity contribution in [2.75, 3.05) is 31.4 Å². The Hall–Kier alpha value is -3.98. The first-order valence-corrected chi connectivity index (χ1v) is 13.3. The molecule has 1 aromatic heterocycles. The van der Waals surface area contributed by atoms with E-state index in [0.717, 1.165) is 17.0 Å². The van der Waals surface area contributed by atoms with Crippen molar-refractivity contribution in [2.24, 2.45) is 0 Å². The second kappa shape index (κ2) is 10.8. The Morgan fingerprint density at radius 2 is 1.68 bits per heavy atom. The Labute approximate surface area is 226 Å². The van der Waals surface area contributed by atoms with E-state index in [0.29, 0.717) is 41.4 Å². The quantitative estimate of drug-likeness (QED) is 0.305. The molecular formula is C29H30N4O4S. The number of aromatic nitrogens is 3. The fourth-order valence-corrected chi connectivity index (χ4v) is 4.83. The van der Waals surface area contributed by atoms with Crippen LogP contribution in [0.5, 0.6) is 17.2 Å². The summed E-state index contributed by atoms with van der Waals surface area (Å²) in [6.07, 6.45) is 0. The molecule has 38 heavy (non-hydrogen) atoms. The molecular weight excluding hydrogens is 500 g/mol. The highest BCUT2D eigenvalue weighted by molar-refractivity contribution is 7.99. The molecule has 0 fully saturated rings. The second-order valence-electron chi connectivity index (χ2n) is 9.86. The van der Waals surface area contributed by atoms with Gasteiger partial charge in [-0.2, -0.15) is 0 Å². The van der Waals surface area contributed by atoms with Crippen molar-refractivity contribution in [2.45, 2.75) is 31.3 Å². The molecule has 0 aliphatic carbocycles. The molecule has 2 heterocycles. The third-order valence-electron chi connectivity index (χ3n) is 6.13. The van der Waals surface area contributed by atoms with Gasteiger partial charge in [0.25, 0.3) is 0 Å². The molecule has 0 saturated carbocycles. The lowest BCUT2D eigenvalue weighted by molar-refractivity contribution is -0.113. The standard InChI is InChI=1S/C29H30N4O4S/c1-29(2,3)20-7-5-19(6-8-20)27-31-32-28(33(27)22-10-12-23(35-4)13-11-22)38-18-26(34)30-21-9-14-24-25(17-21)37-16-15-36-24/h5-14,17H,15-16,18H2,1-4H3,(H,30,34). The fourth-order valence-electron chi connectivity index (χ4n) is 4.08. The molecule has 8 nitrogen and oxygen atoms in total. The number of thioether (sulfide) groups is 1. The molecule has 1 N–H and O–H groups in total. The van der Waals surface area contributed by atoms with Crippen LogP contribution in [-0.2, 0) is 10.2 Å². The normalized spacial score (nSPS) is 12.7. The van der Waals surface area contributed by atoms with Gasteiger partial charge in [0.2, 0.25) is 5.91 Å². The number of carbonyl (C=O) groups is 1. The summed E-state index contributed by atoms with van der Waals surface area (Å²) in [5.74, 6) is 2.76. The summed E-state index contributed by atoms with van der Waals surface area (Å²) in [4.78, 5) is 12.8. The van der Waals surface area contributed by atoms with E-state index >= 15 is 0 Å². The van der Waals surface area contributed by atoms with E-state index < -0.39 is 0 Å². The molecule has 0 radical (unpaired) electrons. The van der Waals surface area contributed by atoms with Gasteiger partial charge in [0.1, 0.15) is 19.0 Å². The van der Waals surface area contributed by atoms with Crippen molar-refractivity contribution >= 4 is 23.4 Å². The number of benzene rings is 3. The van der Waals surface area contributed by atoms with Crippen molar-refractivity contribution in [3.05, 3.63) is 72.3 Å². The Morgan fingerprint density at radius 3 is 2.37 bits per heavy atom. The van der Waals surface area contributed by atoms with Crippen LogP contribution in [0, 0.1) is 0 Å². The highest BCUT2D eigenvalue weighted by Crippen LogP contribution is 2.33. The van der Waals surface area contributed by atoms with Crippen molar-refractivity contribution in [1.82, 2.24) is 14.8 Å². The molecule has 0 atom stereocenters. The van der Waals surface area contributed by atoms with Crippen LogP contribution >= 0.6 is 11.8 Å². The van der Waals surface area contributed by atoms with Crippen LogP contribution in [-0.4, -0.2) is 46.7 Å². The number of rotatable bonds is 7. The molecule has 196 valence electrons. The van der Waals surface area contributed by atoms with Crippen LogP contribution < -0.4 is 19.5 Å². The van der Waals surface area contributed by atoms with Crippen LogP contribution in [0.1, 0.15) is 26.3 Å². The SMILES string of the molecule is COc1ccc(-n2c(SCC(=O)Nc3ccc4c(c3)OCCO4)nnc2-c2ccc(C(C)(C)C)cc2)cc1. The van der Waals surface area contributed by atoms with Crippen molar-refractivity contribution in [3.8, 4) is 34.3 Å². The van der Waals surface area contributed by atoms with Crippen molar-refractivity contribution in [3.63, 3.8) is 0 Å². The van der Waals surface area contributed by atoms with E-state index in [9.17, 15) is 4.79 Å². The third-order valence-corrected chi connectivity index (χ3v) is 7.06. The molecule has 3 aromatic carbocycles. The van der Waals surface area contributed by atoms with E-state index in [1.54, 1.807) is 25.3 Å². The van der Waals surface area contributed by atoms with Crippen molar-refractivity contribution < 1.29 is 19.0 Å². The molecule has 9 heteroatoms. The molecule has 5 rings (SSSR count). The average Bonchev–Trinajstić information content (AvgIpc) is 3.35. The number of carbonyl (C=O) groups excluding carboxylic acids is 1. The number of anilines is 1. The summed E-state index contributed by atoms with van der Waals surface area (Å²) in [5.41, 5.74) is 3.75. The number of hydrogen-bond donors (Lipinski definition) is 1. The average molecular weight is 531 g/mol. The van der Waals surface area contributed by atoms with E-state index in [-0.39, 0.29) is 17.1 Å². The predicted octanol–water partition coefficient (Wildman–Crippen LogP) is 5.74. The zero-order chi connectivity index (χ0) is 26.7. The van der Waals surface area contributed by atoms with Gasteiger partial charge < -0.3 is 19.5 Å². The van der Waals surface area contributed by atoms with Gasteiger partial charge in [-0.3, -0.25) is 9.36 Å². The maximum Gasteiger partial charge on any atom is 0.234 e. The van der Waals surface area contributed by atoms with E-state index in [1.165, 1.54) is 17.3 Å². The van der Waals surface area contributed by atoms with E-state index in [2.05, 4.69) is 60.6 Å². The number of fused-ring (bicyclic) bond motifs is 1. The minimum absolute atomic E-state index is 0.0494. The lowest BCUT2D eigenvalue weighted by Gasteiger charge is -2.19. The number of hydrogen-bond acceptors (Lipinski definition) is 7. The largest absolute Gasteiger partial charge is 0.497 e. The first-order chi connectivity index (χ1) is 18.3. The molecule has 0 bridgehead atoms. The smallest absolute Gasteiger partial charge is 0.234 e.